The van der Waals surface area contributed by atoms with Crippen molar-refractivity contribution in [3.63, 3.8) is 0 Å². The largest absolute Gasteiger partial charge is 0.465 e. The van der Waals surface area contributed by atoms with E-state index in [1.807, 2.05) is 0 Å². The van der Waals surface area contributed by atoms with Gasteiger partial charge < -0.3 is 10.1 Å². The molecule has 2 aromatic rings. The Hall–Kier alpha value is -2.90. The van der Waals surface area contributed by atoms with Gasteiger partial charge in [0.05, 0.1) is 29.8 Å². The number of aromatic nitrogens is 2. The lowest BCUT2D eigenvalue weighted by Gasteiger charge is -2.07. The van der Waals surface area contributed by atoms with Crippen LogP contribution in [0.2, 0.25) is 0 Å². The summed E-state index contributed by atoms with van der Waals surface area (Å²) in [6.45, 7) is 0.312. The van der Waals surface area contributed by atoms with Crippen molar-refractivity contribution >= 4 is 17.3 Å². The SMILES string of the molecule is COC(=O)c1ccc([N+](=O)[O-])c(NCc2ccn(C)n2)c1. The molecule has 1 aromatic heterocycles. The quantitative estimate of drug-likeness (QED) is 0.511. The zero-order valence-corrected chi connectivity index (χ0v) is 11.6. The average molecular weight is 290 g/mol. The molecule has 8 nitrogen and oxygen atoms in total. The first kappa shape index (κ1) is 14.5. The second-order valence-corrected chi connectivity index (χ2v) is 4.31. The molecule has 0 radical (unpaired) electrons. The Kier molecular flexibility index (Phi) is 4.17. The molecule has 0 unspecified atom stereocenters. The van der Waals surface area contributed by atoms with Gasteiger partial charge in [-0.2, -0.15) is 5.10 Å². The summed E-state index contributed by atoms with van der Waals surface area (Å²) < 4.78 is 6.24. The summed E-state index contributed by atoms with van der Waals surface area (Å²) >= 11 is 0. The topological polar surface area (TPSA) is 99.3 Å². The van der Waals surface area contributed by atoms with E-state index in [4.69, 9.17) is 0 Å². The molecule has 2 rings (SSSR count). The average Bonchev–Trinajstić information content (AvgIpc) is 2.89. The summed E-state index contributed by atoms with van der Waals surface area (Å²) in [5, 5.41) is 18.1. The standard InChI is InChI=1S/C13H14N4O4/c1-16-6-5-10(15-16)8-14-11-7-9(13(18)21-2)3-4-12(11)17(19)20/h3-7,14H,8H2,1-2H3. The number of carbonyl (C=O) groups excluding carboxylic acids is 1. The first-order valence-corrected chi connectivity index (χ1v) is 6.10. The Balaban J connectivity index is 2.25. The highest BCUT2D eigenvalue weighted by Gasteiger charge is 2.17. The smallest absolute Gasteiger partial charge is 0.337 e. The van der Waals surface area contributed by atoms with Gasteiger partial charge in [-0.15, -0.1) is 0 Å². The first-order chi connectivity index (χ1) is 10.0. The van der Waals surface area contributed by atoms with Crippen molar-refractivity contribution in [1.82, 2.24) is 9.78 Å². The number of rotatable bonds is 5. The van der Waals surface area contributed by atoms with Gasteiger partial charge >= 0.3 is 5.97 Å². The van der Waals surface area contributed by atoms with E-state index in [0.29, 0.717) is 6.54 Å². The molecule has 0 aliphatic carbocycles. The van der Waals surface area contributed by atoms with Gasteiger partial charge in [-0.3, -0.25) is 14.8 Å². The highest BCUT2D eigenvalue weighted by atomic mass is 16.6. The van der Waals surface area contributed by atoms with Gasteiger partial charge in [0.25, 0.3) is 5.69 Å². The van der Waals surface area contributed by atoms with Crippen molar-refractivity contribution in [2.75, 3.05) is 12.4 Å². The molecule has 0 amide bonds. The molecule has 110 valence electrons. The van der Waals surface area contributed by atoms with Crippen molar-refractivity contribution < 1.29 is 14.5 Å². The van der Waals surface area contributed by atoms with Crippen molar-refractivity contribution in [2.45, 2.75) is 6.54 Å². The van der Waals surface area contributed by atoms with Crippen LogP contribution in [0.25, 0.3) is 0 Å². The number of nitro benzene ring substituents is 1. The van der Waals surface area contributed by atoms with Crippen molar-refractivity contribution in [2.24, 2.45) is 7.05 Å². The number of carbonyl (C=O) groups is 1. The van der Waals surface area contributed by atoms with Crippen LogP contribution in [0.15, 0.2) is 30.5 Å². The minimum atomic E-state index is -0.550. The summed E-state index contributed by atoms with van der Waals surface area (Å²) in [6.07, 6.45) is 1.77. The van der Waals surface area contributed by atoms with Crippen LogP contribution >= 0.6 is 0 Å². The molecular weight excluding hydrogens is 276 g/mol. The second-order valence-electron chi connectivity index (χ2n) is 4.31. The third-order valence-electron chi connectivity index (χ3n) is 2.84. The summed E-state index contributed by atoms with van der Waals surface area (Å²) in [4.78, 5) is 22.0. The number of benzene rings is 1. The number of esters is 1. The van der Waals surface area contributed by atoms with Gasteiger partial charge in [0.2, 0.25) is 0 Å². The highest BCUT2D eigenvalue weighted by molar-refractivity contribution is 5.91. The molecule has 1 N–H and O–H groups in total. The molecule has 1 heterocycles. The van der Waals surface area contributed by atoms with Gasteiger partial charge in [0.1, 0.15) is 5.69 Å². The van der Waals surface area contributed by atoms with Gasteiger partial charge in [0, 0.05) is 19.3 Å². The zero-order chi connectivity index (χ0) is 15.4. The number of anilines is 1. The van der Waals surface area contributed by atoms with Crippen LogP contribution < -0.4 is 5.32 Å². The van der Waals surface area contributed by atoms with E-state index in [1.54, 1.807) is 24.0 Å². The lowest BCUT2D eigenvalue weighted by molar-refractivity contribution is -0.384. The predicted molar refractivity (Wildman–Crippen MR) is 75.0 cm³/mol. The molecule has 21 heavy (non-hydrogen) atoms. The van der Waals surface area contributed by atoms with E-state index < -0.39 is 10.9 Å². The van der Waals surface area contributed by atoms with E-state index in [9.17, 15) is 14.9 Å². The Morgan fingerprint density at radius 3 is 2.81 bits per heavy atom. The van der Waals surface area contributed by atoms with E-state index in [2.05, 4.69) is 15.2 Å². The third-order valence-corrected chi connectivity index (χ3v) is 2.84. The number of hydrogen-bond acceptors (Lipinski definition) is 6. The van der Waals surface area contributed by atoms with Crippen LogP contribution in [-0.4, -0.2) is 27.8 Å². The number of hydrogen-bond donors (Lipinski definition) is 1. The molecule has 0 aliphatic rings. The van der Waals surface area contributed by atoms with E-state index in [0.717, 1.165) is 5.69 Å². The lowest BCUT2D eigenvalue weighted by Crippen LogP contribution is -2.07. The Morgan fingerprint density at radius 2 is 2.24 bits per heavy atom. The summed E-state index contributed by atoms with van der Waals surface area (Å²) in [5.41, 5.74) is 1.11. The van der Waals surface area contributed by atoms with Crippen LogP contribution in [0.4, 0.5) is 11.4 Å². The van der Waals surface area contributed by atoms with Crippen molar-refractivity contribution in [3.05, 3.63) is 51.8 Å². The summed E-state index contributed by atoms with van der Waals surface area (Å²) in [6, 6.07) is 5.82. The van der Waals surface area contributed by atoms with Crippen LogP contribution in [0, 0.1) is 10.1 Å². The fraction of sp³-hybridized carbons (Fsp3) is 0.231. The number of nitro groups is 1. The third kappa shape index (κ3) is 3.35. The molecular formula is C13H14N4O4. The van der Waals surface area contributed by atoms with Gasteiger partial charge in [-0.05, 0) is 18.2 Å². The van der Waals surface area contributed by atoms with Crippen LogP contribution in [-0.2, 0) is 18.3 Å². The molecule has 0 saturated carbocycles. The molecule has 0 spiro atoms. The van der Waals surface area contributed by atoms with Gasteiger partial charge in [0.15, 0.2) is 0 Å². The fourth-order valence-electron chi connectivity index (χ4n) is 1.82. The second kappa shape index (κ2) is 6.04. The van der Waals surface area contributed by atoms with Gasteiger partial charge in [-0.25, -0.2) is 4.79 Å². The monoisotopic (exact) mass is 290 g/mol. The Labute approximate surface area is 120 Å². The highest BCUT2D eigenvalue weighted by Crippen LogP contribution is 2.26. The fourth-order valence-corrected chi connectivity index (χ4v) is 1.82. The zero-order valence-electron chi connectivity index (χ0n) is 11.6. The number of nitrogens with one attached hydrogen (secondary N) is 1. The van der Waals surface area contributed by atoms with Crippen molar-refractivity contribution in [1.29, 1.82) is 0 Å². The molecule has 0 aliphatic heterocycles. The molecule has 8 heteroatoms. The maximum atomic E-state index is 11.5. The summed E-state index contributed by atoms with van der Waals surface area (Å²) in [7, 11) is 3.04. The molecule has 0 saturated heterocycles. The minimum Gasteiger partial charge on any atom is -0.465 e. The first-order valence-electron chi connectivity index (χ1n) is 6.10. The van der Waals surface area contributed by atoms with E-state index in [-0.39, 0.29) is 16.9 Å². The number of aryl methyl sites for hydroxylation is 1. The van der Waals surface area contributed by atoms with E-state index >= 15 is 0 Å². The molecule has 0 atom stereocenters. The number of ether oxygens (including phenoxy) is 1. The number of methoxy groups -OCH3 is 1. The maximum absolute atomic E-state index is 11.5. The molecule has 0 bridgehead atoms. The van der Waals surface area contributed by atoms with Crippen LogP contribution in [0.1, 0.15) is 16.1 Å². The normalized spacial score (nSPS) is 10.2. The minimum absolute atomic E-state index is 0.112. The Morgan fingerprint density at radius 1 is 1.48 bits per heavy atom. The molecule has 0 fully saturated rings. The van der Waals surface area contributed by atoms with Crippen LogP contribution in [0.3, 0.4) is 0 Å². The van der Waals surface area contributed by atoms with Crippen molar-refractivity contribution in [3.8, 4) is 0 Å². The summed E-state index contributed by atoms with van der Waals surface area (Å²) in [5.74, 6) is -0.550. The van der Waals surface area contributed by atoms with Crippen LogP contribution in [0.5, 0.6) is 0 Å². The number of nitrogens with zero attached hydrogens (tertiary/aromatic N) is 3. The predicted octanol–water partition coefficient (Wildman–Crippen LogP) is 1.73. The molecule has 1 aromatic carbocycles. The van der Waals surface area contributed by atoms with Gasteiger partial charge in [-0.1, -0.05) is 0 Å². The maximum Gasteiger partial charge on any atom is 0.337 e. The van der Waals surface area contributed by atoms with E-state index in [1.165, 1.54) is 25.3 Å². The Bertz CT molecular complexity index is 681. The lowest BCUT2D eigenvalue weighted by atomic mass is 10.1.